The molecule has 0 aromatic heterocycles. The van der Waals surface area contributed by atoms with Crippen LogP contribution >= 0.6 is 0 Å². The van der Waals surface area contributed by atoms with E-state index in [1.54, 1.807) is 0 Å². The Labute approximate surface area is 199 Å². The van der Waals surface area contributed by atoms with Gasteiger partial charge in [0.1, 0.15) is 13.2 Å². The Hall–Kier alpha value is -0.673. The molecule has 0 heterocycles. The van der Waals surface area contributed by atoms with E-state index in [-0.39, 0.29) is 6.09 Å². The van der Waals surface area contributed by atoms with E-state index >= 15 is 0 Å². The van der Waals surface area contributed by atoms with Crippen LogP contribution in [0, 0.1) is 0 Å². The minimum atomic E-state index is -2.70. The molecule has 1 N–H and O–H groups in total. The van der Waals surface area contributed by atoms with Gasteiger partial charge in [-0.25, -0.2) is 4.79 Å². The molecule has 0 atom stereocenters. The largest absolute Gasteiger partial charge is 0.501 e. The van der Waals surface area contributed by atoms with Gasteiger partial charge in [-0.3, -0.25) is 0 Å². The molecule has 1 amide bonds. The van der Waals surface area contributed by atoms with Gasteiger partial charge in [-0.1, -0.05) is 41.5 Å². The predicted molar refractivity (Wildman–Crippen MR) is 134 cm³/mol. The number of carbonyl (C=O) groups excluding carboxylic acids is 1. The zero-order valence-corrected chi connectivity index (χ0v) is 23.0. The predicted octanol–water partition coefficient (Wildman–Crippen LogP) is 5.37. The molecule has 0 aliphatic rings. The van der Waals surface area contributed by atoms with Crippen molar-refractivity contribution in [3.05, 3.63) is 0 Å². The lowest BCUT2D eigenvalue weighted by Crippen LogP contribution is -2.52. The fraction of sp³-hybridized carbons (Fsp3) is 0.958. The fourth-order valence-electron chi connectivity index (χ4n) is 4.09. The van der Waals surface area contributed by atoms with Crippen LogP contribution in [0.15, 0.2) is 0 Å². The van der Waals surface area contributed by atoms with E-state index in [0.29, 0.717) is 39.0 Å². The van der Waals surface area contributed by atoms with Crippen LogP contribution in [0.4, 0.5) is 4.79 Å². The van der Waals surface area contributed by atoms with E-state index in [1.807, 2.05) is 0 Å². The molecule has 0 rings (SSSR count). The van der Waals surface area contributed by atoms with Crippen molar-refractivity contribution in [1.82, 2.24) is 5.32 Å². The lowest BCUT2D eigenvalue weighted by atomic mass is 10.2. The summed E-state index contributed by atoms with van der Waals surface area (Å²) in [6, 6.07) is 0.705. The molecular weight excluding hydrogens is 424 g/mol. The molecule has 0 saturated heterocycles. The summed E-state index contributed by atoms with van der Waals surface area (Å²) >= 11 is 0. The highest BCUT2D eigenvalue weighted by atomic mass is 28.4. The molecular formula is C24H53N2O5Si+. The number of rotatable bonds is 22. The van der Waals surface area contributed by atoms with E-state index in [2.05, 4.69) is 46.9 Å². The smallest absolute Gasteiger partial charge is 0.444 e. The van der Waals surface area contributed by atoms with Crippen LogP contribution in [0.3, 0.4) is 0 Å². The summed E-state index contributed by atoms with van der Waals surface area (Å²) in [5, 5.41) is 2.89. The normalized spacial score (nSPS) is 12.2. The first-order valence-corrected chi connectivity index (χ1v) is 15.1. The van der Waals surface area contributed by atoms with E-state index in [4.69, 9.17) is 18.0 Å². The third kappa shape index (κ3) is 13.8. The Morgan fingerprint density at radius 3 is 1.56 bits per heavy atom. The van der Waals surface area contributed by atoms with Crippen molar-refractivity contribution in [1.29, 1.82) is 0 Å². The summed E-state index contributed by atoms with van der Waals surface area (Å²) < 4.78 is 24.9. The molecule has 0 radical (unpaired) electrons. The Bertz CT molecular complexity index is 415. The van der Waals surface area contributed by atoms with Crippen molar-refractivity contribution in [3.8, 4) is 0 Å². The highest BCUT2D eigenvalue weighted by Gasteiger charge is 2.40. The molecule has 0 saturated carbocycles. The van der Waals surface area contributed by atoms with Crippen molar-refractivity contribution in [2.75, 3.05) is 59.2 Å². The van der Waals surface area contributed by atoms with Crippen molar-refractivity contribution >= 4 is 14.9 Å². The van der Waals surface area contributed by atoms with Crippen LogP contribution in [0.5, 0.6) is 0 Å². The highest BCUT2D eigenvalue weighted by Crippen LogP contribution is 2.19. The second-order valence-corrected chi connectivity index (χ2v) is 11.4. The van der Waals surface area contributed by atoms with Crippen LogP contribution in [0.2, 0.25) is 6.04 Å². The van der Waals surface area contributed by atoms with E-state index in [9.17, 15) is 4.79 Å². The number of hydrogen-bond acceptors (Lipinski definition) is 5. The minimum absolute atomic E-state index is 0.335. The molecule has 0 unspecified atom stereocenters. The molecule has 7 nitrogen and oxygen atoms in total. The first-order valence-electron chi connectivity index (χ1n) is 13.1. The summed E-state index contributed by atoms with van der Waals surface area (Å²) in [5.41, 5.74) is 0. The van der Waals surface area contributed by atoms with Gasteiger partial charge >= 0.3 is 14.9 Å². The van der Waals surface area contributed by atoms with Crippen molar-refractivity contribution in [3.63, 3.8) is 0 Å². The first-order chi connectivity index (χ1) is 15.5. The Kier molecular flexibility index (Phi) is 19.3. The van der Waals surface area contributed by atoms with Crippen LogP contribution in [-0.4, -0.2) is 78.5 Å². The molecule has 0 spiro atoms. The summed E-state index contributed by atoms with van der Waals surface area (Å²) in [7, 11) is -2.70. The minimum Gasteiger partial charge on any atom is -0.444 e. The van der Waals surface area contributed by atoms with Crippen LogP contribution in [0.25, 0.3) is 0 Å². The lowest BCUT2D eigenvalue weighted by molar-refractivity contribution is -0.928. The van der Waals surface area contributed by atoms with Gasteiger partial charge in [-0.2, -0.15) is 0 Å². The van der Waals surface area contributed by atoms with Gasteiger partial charge in [0, 0.05) is 32.4 Å². The number of nitrogens with zero attached hydrogens (tertiary/aromatic N) is 1. The number of hydrogen-bond donors (Lipinski definition) is 1. The summed E-state index contributed by atoms with van der Waals surface area (Å²) in [6.45, 7) is 20.2. The van der Waals surface area contributed by atoms with Gasteiger partial charge in [0.15, 0.2) is 0 Å². The topological polar surface area (TPSA) is 66.0 Å². The quantitative estimate of drug-likeness (QED) is 0.129. The SMILES string of the molecule is CCCO[Si](CCCNC(=O)OCC[N+](CCC)(CCC)CCC)(OCCC)OCCC. The zero-order valence-electron chi connectivity index (χ0n) is 22.0. The van der Waals surface area contributed by atoms with Crippen molar-refractivity contribution in [2.24, 2.45) is 0 Å². The van der Waals surface area contributed by atoms with Gasteiger partial charge in [-0.05, 0) is 44.9 Å². The Morgan fingerprint density at radius 2 is 1.16 bits per heavy atom. The Morgan fingerprint density at radius 1 is 0.688 bits per heavy atom. The van der Waals surface area contributed by atoms with Crippen molar-refractivity contribution < 1.29 is 27.3 Å². The molecule has 32 heavy (non-hydrogen) atoms. The van der Waals surface area contributed by atoms with Crippen LogP contribution in [-0.2, 0) is 18.0 Å². The van der Waals surface area contributed by atoms with E-state index in [1.165, 1.54) is 0 Å². The highest BCUT2D eigenvalue weighted by molar-refractivity contribution is 6.60. The van der Waals surface area contributed by atoms with Crippen molar-refractivity contribution in [2.45, 2.75) is 92.5 Å². The van der Waals surface area contributed by atoms with Gasteiger partial charge in [0.2, 0.25) is 0 Å². The third-order valence-electron chi connectivity index (χ3n) is 5.40. The molecule has 0 fully saturated rings. The second kappa shape index (κ2) is 19.8. The third-order valence-corrected chi connectivity index (χ3v) is 8.30. The standard InChI is InChI=1S/C24H52N2O5Si/c1-7-15-26(16-8-2,17-9-3)18-22-28-24(27)25-14-13-23-32(29-19-10-4,30-20-11-5)31-21-12-6/h7-23H2,1-6H3/p+1. The summed E-state index contributed by atoms with van der Waals surface area (Å²) in [4.78, 5) is 12.2. The average molecular weight is 478 g/mol. The average Bonchev–Trinajstić information content (AvgIpc) is 2.78. The maximum absolute atomic E-state index is 12.2. The number of carbonyl (C=O) groups is 1. The molecule has 192 valence electrons. The van der Waals surface area contributed by atoms with E-state index in [0.717, 1.165) is 75.6 Å². The second-order valence-electron chi connectivity index (χ2n) is 8.63. The van der Waals surface area contributed by atoms with Crippen LogP contribution in [0.1, 0.15) is 86.5 Å². The lowest BCUT2D eigenvalue weighted by Gasteiger charge is -2.38. The molecule has 0 aromatic carbocycles. The molecule has 0 aliphatic heterocycles. The Balaban J connectivity index is 4.54. The summed E-state index contributed by atoms with van der Waals surface area (Å²) in [6.07, 6.45) is 6.65. The van der Waals surface area contributed by atoms with Gasteiger partial charge < -0.3 is 27.8 Å². The summed E-state index contributed by atoms with van der Waals surface area (Å²) in [5.74, 6) is 0. The molecule has 0 bridgehead atoms. The van der Waals surface area contributed by atoms with E-state index < -0.39 is 8.80 Å². The molecule has 0 aliphatic carbocycles. The van der Waals surface area contributed by atoms with Gasteiger partial charge in [0.05, 0.1) is 19.6 Å². The maximum atomic E-state index is 12.2. The number of amides is 1. The number of ether oxygens (including phenoxy) is 1. The van der Waals surface area contributed by atoms with Crippen LogP contribution < -0.4 is 5.32 Å². The van der Waals surface area contributed by atoms with Gasteiger partial charge in [-0.15, -0.1) is 0 Å². The molecule has 0 aromatic rings. The molecule has 8 heteroatoms. The number of alkyl carbamates (subject to hydrolysis) is 1. The zero-order chi connectivity index (χ0) is 24.1. The maximum Gasteiger partial charge on any atom is 0.501 e. The fourth-order valence-corrected chi connectivity index (χ4v) is 6.92. The van der Waals surface area contributed by atoms with Gasteiger partial charge in [0.25, 0.3) is 0 Å². The monoisotopic (exact) mass is 477 g/mol. The first kappa shape index (κ1) is 31.3. The number of quaternary nitrogens is 1. The number of nitrogens with one attached hydrogen (secondary N) is 1.